The second kappa shape index (κ2) is 4.64. The Morgan fingerprint density at radius 1 is 1.47 bits per heavy atom. The van der Waals surface area contributed by atoms with Gasteiger partial charge in [0.25, 0.3) is 0 Å². The first kappa shape index (κ1) is 11.1. The minimum Gasteiger partial charge on any atom is -0.396 e. The average molecular weight is 226 g/mol. The van der Waals surface area contributed by atoms with Gasteiger partial charge in [-0.05, 0) is 31.4 Å². The number of thiophene rings is 1. The zero-order chi connectivity index (χ0) is 10.7. The van der Waals surface area contributed by atoms with E-state index in [1.54, 1.807) is 0 Å². The summed E-state index contributed by atoms with van der Waals surface area (Å²) in [6.07, 6.45) is 3.06. The SMILES string of the molecule is CCc1ccc(CC2(CO)CCOC2)s1. The third-order valence-electron chi connectivity index (χ3n) is 3.14. The van der Waals surface area contributed by atoms with E-state index in [0.29, 0.717) is 6.61 Å². The van der Waals surface area contributed by atoms with Gasteiger partial charge in [0, 0.05) is 21.8 Å². The van der Waals surface area contributed by atoms with E-state index in [-0.39, 0.29) is 12.0 Å². The molecule has 15 heavy (non-hydrogen) atoms. The molecule has 1 fully saturated rings. The van der Waals surface area contributed by atoms with Crippen molar-refractivity contribution in [2.75, 3.05) is 19.8 Å². The largest absolute Gasteiger partial charge is 0.396 e. The van der Waals surface area contributed by atoms with Gasteiger partial charge < -0.3 is 9.84 Å². The molecular weight excluding hydrogens is 208 g/mol. The van der Waals surface area contributed by atoms with E-state index in [0.717, 1.165) is 25.9 Å². The maximum absolute atomic E-state index is 9.47. The van der Waals surface area contributed by atoms with Crippen molar-refractivity contribution in [3.05, 3.63) is 21.9 Å². The summed E-state index contributed by atoms with van der Waals surface area (Å²) in [7, 11) is 0. The molecule has 0 aliphatic carbocycles. The Bertz CT molecular complexity index is 313. The molecule has 1 aliphatic rings. The molecule has 3 heteroatoms. The summed E-state index contributed by atoms with van der Waals surface area (Å²) < 4.78 is 5.40. The van der Waals surface area contributed by atoms with Crippen LogP contribution in [0.15, 0.2) is 12.1 Å². The molecule has 0 amide bonds. The highest BCUT2D eigenvalue weighted by Crippen LogP contribution is 2.34. The summed E-state index contributed by atoms with van der Waals surface area (Å²) in [5, 5.41) is 9.47. The first-order chi connectivity index (χ1) is 7.28. The highest BCUT2D eigenvalue weighted by molar-refractivity contribution is 7.11. The highest BCUT2D eigenvalue weighted by atomic mass is 32.1. The molecule has 1 atom stereocenters. The van der Waals surface area contributed by atoms with Gasteiger partial charge in [0.15, 0.2) is 0 Å². The Hall–Kier alpha value is -0.380. The number of aliphatic hydroxyl groups is 1. The molecule has 1 unspecified atom stereocenters. The lowest BCUT2D eigenvalue weighted by molar-refractivity contribution is 0.0941. The standard InChI is InChI=1S/C12H18O2S/c1-2-10-3-4-11(15-10)7-12(8-13)5-6-14-9-12/h3-4,13H,2,5-9H2,1H3. The Labute approximate surface area is 94.9 Å². The normalized spacial score (nSPS) is 26.0. The maximum Gasteiger partial charge on any atom is 0.0548 e. The lowest BCUT2D eigenvalue weighted by atomic mass is 9.84. The number of rotatable bonds is 4. The highest BCUT2D eigenvalue weighted by Gasteiger charge is 2.34. The maximum atomic E-state index is 9.47. The number of hydrogen-bond acceptors (Lipinski definition) is 3. The second-order valence-corrected chi connectivity index (χ2v) is 5.61. The predicted molar refractivity (Wildman–Crippen MR) is 62.4 cm³/mol. The van der Waals surface area contributed by atoms with Crippen LogP contribution in [0.5, 0.6) is 0 Å². The summed E-state index contributed by atoms with van der Waals surface area (Å²) in [5.74, 6) is 0. The van der Waals surface area contributed by atoms with Gasteiger partial charge in [0.05, 0.1) is 13.2 Å². The zero-order valence-corrected chi connectivity index (χ0v) is 9.98. The predicted octanol–water partition coefficient (Wildman–Crippen LogP) is 2.25. The van der Waals surface area contributed by atoms with Crippen LogP contribution in [0.4, 0.5) is 0 Å². The van der Waals surface area contributed by atoms with E-state index in [1.807, 2.05) is 11.3 Å². The molecule has 1 saturated heterocycles. The number of aryl methyl sites for hydroxylation is 1. The molecule has 0 saturated carbocycles. The average Bonchev–Trinajstić information content (AvgIpc) is 2.88. The molecule has 1 aromatic heterocycles. The molecule has 84 valence electrons. The zero-order valence-electron chi connectivity index (χ0n) is 9.16. The van der Waals surface area contributed by atoms with Crippen LogP contribution in [0.1, 0.15) is 23.1 Å². The van der Waals surface area contributed by atoms with Crippen molar-refractivity contribution in [1.29, 1.82) is 0 Å². The van der Waals surface area contributed by atoms with Crippen LogP contribution < -0.4 is 0 Å². The van der Waals surface area contributed by atoms with Gasteiger partial charge in [-0.1, -0.05) is 6.92 Å². The van der Waals surface area contributed by atoms with Gasteiger partial charge in [-0.25, -0.2) is 0 Å². The van der Waals surface area contributed by atoms with Gasteiger partial charge in [-0.3, -0.25) is 0 Å². The smallest absolute Gasteiger partial charge is 0.0548 e. The first-order valence-electron chi connectivity index (χ1n) is 5.54. The molecular formula is C12H18O2S. The van der Waals surface area contributed by atoms with Crippen LogP contribution in [0.2, 0.25) is 0 Å². The van der Waals surface area contributed by atoms with Gasteiger partial charge in [-0.2, -0.15) is 0 Å². The molecule has 2 nitrogen and oxygen atoms in total. The molecule has 1 N–H and O–H groups in total. The Kier molecular flexibility index (Phi) is 3.44. The van der Waals surface area contributed by atoms with Crippen LogP contribution in [0, 0.1) is 5.41 Å². The fraction of sp³-hybridized carbons (Fsp3) is 0.667. The third kappa shape index (κ3) is 2.41. The fourth-order valence-corrected chi connectivity index (χ4v) is 3.18. The van der Waals surface area contributed by atoms with E-state index in [1.165, 1.54) is 9.75 Å². The quantitative estimate of drug-likeness (QED) is 0.853. The molecule has 2 heterocycles. The Morgan fingerprint density at radius 2 is 2.27 bits per heavy atom. The van der Waals surface area contributed by atoms with Crippen molar-refractivity contribution in [3.63, 3.8) is 0 Å². The molecule has 0 bridgehead atoms. The van der Waals surface area contributed by atoms with Crippen LogP contribution in [0.3, 0.4) is 0 Å². The summed E-state index contributed by atoms with van der Waals surface area (Å²) in [6, 6.07) is 4.39. The second-order valence-electron chi connectivity index (χ2n) is 4.36. The topological polar surface area (TPSA) is 29.5 Å². The van der Waals surface area contributed by atoms with Gasteiger partial charge >= 0.3 is 0 Å². The summed E-state index contributed by atoms with van der Waals surface area (Å²) in [5.41, 5.74) is -0.00410. The van der Waals surface area contributed by atoms with Crippen LogP contribution in [0.25, 0.3) is 0 Å². The van der Waals surface area contributed by atoms with Crippen molar-refractivity contribution in [1.82, 2.24) is 0 Å². The minimum absolute atomic E-state index is 0.00410. The van der Waals surface area contributed by atoms with Crippen LogP contribution in [-0.4, -0.2) is 24.9 Å². The number of aliphatic hydroxyl groups excluding tert-OH is 1. The van der Waals surface area contributed by atoms with Gasteiger partial charge in [-0.15, -0.1) is 11.3 Å². The minimum atomic E-state index is -0.00410. The first-order valence-corrected chi connectivity index (χ1v) is 6.36. The molecule has 2 rings (SSSR count). The van der Waals surface area contributed by atoms with E-state index in [4.69, 9.17) is 4.74 Å². The van der Waals surface area contributed by atoms with E-state index >= 15 is 0 Å². The van der Waals surface area contributed by atoms with Crippen molar-refractivity contribution < 1.29 is 9.84 Å². The van der Waals surface area contributed by atoms with Crippen LogP contribution in [-0.2, 0) is 17.6 Å². The molecule has 0 aromatic carbocycles. The van der Waals surface area contributed by atoms with Crippen molar-refractivity contribution in [2.24, 2.45) is 5.41 Å². The van der Waals surface area contributed by atoms with E-state index < -0.39 is 0 Å². The van der Waals surface area contributed by atoms with Gasteiger partial charge in [0.2, 0.25) is 0 Å². The van der Waals surface area contributed by atoms with Crippen molar-refractivity contribution in [3.8, 4) is 0 Å². The monoisotopic (exact) mass is 226 g/mol. The fourth-order valence-electron chi connectivity index (χ4n) is 2.05. The number of ether oxygens (including phenoxy) is 1. The lowest BCUT2D eigenvalue weighted by Gasteiger charge is -2.23. The molecule has 0 radical (unpaired) electrons. The van der Waals surface area contributed by atoms with Crippen molar-refractivity contribution in [2.45, 2.75) is 26.2 Å². The van der Waals surface area contributed by atoms with E-state index in [9.17, 15) is 5.11 Å². The summed E-state index contributed by atoms with van der Waals surface area (Å²) in [4.78, 5) is 2.81. The van der Waals surface area contributed by atoms with Crippen LogP contribution >= 0.6 is 11.3 Å². The Morgan fingerprint density at radius 3 is 2.80 bits per heavy atom. The molecule has 1 aliphatic heterocycles. The molecule has 0 spiro atoms. The van der Waals surface area contributed by atoms with Crippen molar-refractivity contribution >= 4 is 11.3 Å². The van der Waals surface area contributed by atoms with E-state index in [2.05, 4.69) is 19.1 Å². The summed E-state index contributed by atoms with van der Waals surface area (Å²) in [6.45, 7) is 3.93. The molecule has 1 aromatic rings. The Balaban J connectivity index is 2.05. The summed E-state index contributed by atoms with van der Waals surface area (Å²) >= 11 is 1.87. The third-order valence-corrected chi connectivity index (χ3v) is 4.36. The van der Waals surface area contributed by atoms with Gasteiger partial charge in [0.1, 0.15) is 0 Å². The number of hydrogen-bond donors (Lipinski definition) is 1. The lowest BCUT2D eigenvalue weighted by Crippen LogP contribution is -2.28.